The van der Waals surface area contributed by atoms with E-state index in [0.717, 1.165) is 71.2 Å². The molecule has 6 rings (SSSR count). The Morgan fingerprint density at radius 3 is 2.50 bits per heavy atom. The lowest BCUT2D eigenvalue weighted by atomic mass is 9.89. The number of esters is 1. The van der Waals surface area contributed by atoms with E-state index in [1.54, 1.807) is 23.6 Å². The number of ether oxygens (including phenoxy) is 1. The second-order valence-electron chi connectivity index (χ2n) is 11.8. The summed E-state index contributed by atoms with van der Waals surface area (Å²) in [5.41, 5.74) is 7.38. The highest BCUT2D eigenvalue weighted by Crippen LogP contribution is 2.33. The zero-order valence-electron chi connectivity index (χ0n) is 25.7. The van der Waals surface area contributed by atoms with Crippen LogP contribution in [0, 0.1) is 0 Å². The van der Waals surface area contributed by atoms with Crippen molar-refractivity contribution in [1.29, 1.82) is 0 Å². The average Bonchev–Trinajstić information content (AvgIpc) is 3.53. The van der Waals surface area contributed by atoms with Crippen LogP contribution in [0.1, 0.15) is 46.8 Å². The number of likely N-dealkylation sites (tertiary alicyclic amines) is 1. The monoisotopic (exact) mass is 594 g/mol. The van der Waals surface area contributed by atoms with Crippen LogP contribution < -0.4 is 5.69 Å². The van der Waals surface area contributed by atoms with Gasteiger partial charge in [0.1, 0.15) is 5.65 Å². The number of piperidine rings is 1. The number of aromatic amines is 1. The van der Waals surface area contributed by atoms with Gasteiger partial charge in [0.15, 0.2) is 0 Å². The molecule has 1 fully saturated rings. The number of aromatic nitrogens is 4. The summed E-state index contributed by atoms with van der Waals surface area (Å²) in [6, 6.07) is 18.3. The topological polar surface area (TPSA) is 105 Å². The number of nitrogens with zero attached hydrogens (tertiary/aromatic N) is 5. The SMILES string of the molecule is COC(=O)CCn1c(=O)[nH]c2ccc(-c3ccnc4c3cc(CN3CCC(c5ccc(C(=O)N(C)C)cc5)CC3)n4C)cc21. The number of nitrogens with one attached hydrogen (secondary N) is 1. The molecule has 0 radical (unpaired) electrons. The number of hydrogen-bond donors (Lipinski definition) is 1. The van der Waals surface area contributed by atoms with Crippen LogP contribution in [0.3, 0.4) is 0 Å². The van der Waals surface area contributed by atoms with Crippen LogP contribution in [-0.2, 0) is 29.7 Å². The fraction of sp³-hybridized carbons (Fsp3) is 0.353. The van der Waals surface area contributed by atoms with Crippen LogP contribution in [0.25, 0.3) is 33.2 Å². The Morgan fingerprint density at radius 2 is 1.80 bits per heavy atom. The molecule has 1 N–H and O–H groups in total. The summed E-state index contributed by atoms with van der Waals surface area (Å²) in [7, 11) is 6.96. The van der Waals surface area contributed by atoms with Crippen molar-refractivity contribution in [2.75, 3.05) is 34.3 Å². The first-order chi connectivity index (χ1) is 21.2. The van der Waals surface area contributed by atoms with Gasteiger partial charge in [-0.2, -0.15) is 0 Å². The lowest BCUT2D eigenvalue weighted by Crippen LogP contribution is -2.33. The molecule has 5 aromatic rings. The summed E-state index contributed by atoms with van der Waals surface area (Å²) in [5, 5.41) is 1.06. The first-order valence-corrected chi connectivity index (χ1v) is 15.0. The van der Waals surface area contributed by atoms with Crippen LogP contribution in [-0.4, -0.2) is 75.1 Å². The summed E-state index contributed by atoms with van der Waals surface area (Å²) in [6.07, 6.45) is 4.10. The highest BCUT2D eigenvalue weighted by atomic mass is 16.5. The Hall–Kier alpha value is -4.70. The quantitative estimate of drug-likeness (QED) is 0.265. The predicted octanol–water partition coefficient (Wildman–Crippen LogP) is 4.53. The number of H-pyrrole nitrogens is 1. The van der Waals surface area contributed by atoms with Crippen molar-refractivity contribution in [2.45, 2.75) is 38.3 Å². The molecule has 10 heteroatoms. The maximum absolute atomic E-state index is 12.6. The number of aryl methyl sites for hydroxylation is 2. The molecule has 2 aromatic carbocycles. The minimum absolute atomic E-state index is 0.0277. The van der Waals surface area contributed by atoms with E-state index in [1.807, 2.05) is 42.6 Å². The molecule has 1 saturated heterocycles. The average molecular weight is 595 g/mol. The van der Waals surface area contributed by atoms with E-state index in [1.165, 1.54) is 18.4 Å². The van der Waals surface area contributed by atoms with Gasteiger partial charge in [0.05, 0.1) is 24.6 Å². The van der Waals surface area contributed by atoms with Crippen LogP contribution in [0.5, 0.6) is 0 Å². The second kappa shape index (κ2) is 12.1. The number of hydrogen-bond acceptors (Lipinski definition) is 6. The first kappa shape index (κ1) is 29.4. The third-order valence-corrected chi connectivity index (χ3v) is 8.89. The molecule has 0 aliphatic carbocycles. The van der Waals surface area contributed by atoms with E-state index in [4.69, 9.17) is 9.72 Å². The number of carbonyl (C=O) groups is 2. The summed E-state index contributed by atoms with van der Waals surface area (Å²) in [5.74, 6) is 0.162. The van der Waals surface area contributed by atoms with Gasteiger partial charge in [-0.1, -0.05) is 18.2 Å². The smallest absolute Gasteiger partial charge is 0.326 e. The molecule has 0 unspecified atom stereocenters. The number of benzene rings is 2. The second-order valence-corrected chi connectivity index (χ2v) is 11.8. The molecule has 1 amide bonds. The van der Waals surface area contributed by atoms with E-state index in [0.29, 0.717) is 5.92 Å². The number of amides is 1. The van der Waals surface area contributed by atoms with Crippen LogP contribution in [0.2, 0.25) is 0 Å². The van der Waals surface area contributed by atoms with E-state index < -0.39 is 0 Å². The van der Waals surface area contributed by atoms with Gasteiger partial charge in [-0.25, -0.2) is 9.78 Å². The minimum atomic E-state index is -0.355. The maximum atomic E-state index is 12.6. The molecule has 1 aliphatic heterocycles. The molecular formula is C34H38N6O4. The Morgan fingerprint density at radius 1 is 1.05 bits per heavy atom. The summed E-state index contributed by atoms with van der Waals surface area (Å²) in [6.45, 7) is 3.07. The Labute approximate surface area is 255 Å². The zero-order chi connectivity index (χ0) is 31.0. The van der Waals surface area contributed by atoms with E-state index in [9.17, 15) is 14.4 Å². The first-order valence-electron chi connectivity index (χ1n) is 15.0. The van der Waals surface area contributed by atoms with E-state index in [-0.39, 0.29) is 30.5 Å². The van der Waals surface area contributed by atoms with Gasteiger partial charge in [0, 0.05) is 57.1 Å². The normalized spacial score (nSPS) is 14.4. The molecular weight excluding hydrogens is 556 g/mol. The third-order valence-electron chi connectivity index (χ3n) is 8.89. The largest absolute Gasteiger partial charge is 0.469 e. The summed E-state index contributed by atoms with van der Waals surface area (Å²) >= 11 is 0. The van der Waals surface area contributed by atoms with Crippen molar-refractivity contribution in [1.82, 2.24) is 28.9 Å². The number of fused-ring (bicyclic) bond motifs is 2. The van der Waals surface area contributed by atoms with Crippen molar-refractivity contribution in [3.63, 3.8) is 0 Å². The number of pyridine rings is 1. The molecule has 1 aliphatic rings. The van der Waals surface area contributed by atoms with Gasteiger partial charge < -0.3 is 19.2 Å². The molecule has 0 bridgehead atoms. The molecule has 4 heterocycles. The lowest BCUT2D eigenvalue weighted by Gasteiger charge is -2.32. The lowest BCUT2D eigenvalue weighted by molar-refractivity contribution is -0.140. The van der Waals surface area contributed by atoms with Crippen LogP contribution in [0.15, 0.2) is 65.6 Å². The standard InChI is InChI=1S/C34H38N6O4/c1-37(2)33(42)24-7-5-22(6-8-24)23-12-16-39(17-13-23)21-26-20-28-27(11-15-35-32(28)38(26)3)25-9-10-29-30(19-25)40(34(43)36-29)18-14-31(41)44-4/h5-11,15,19-20,23H,12-14,16-18,21H2,1-4H3,(H,36,43). The van der Waals surface area contributed by atoms with Crippen LogP contribution in [0.4, 0.5) is 0 Å². The van der Waals surface area contributed by atoms with Gasteiger partial charge in [-0.15, -0.1) is 0 Å². The van der Waals surface area contributed by atoms with E-state index in [2.05, 4.69) is 39.7 Å². The Kier molecular flexibility index (Phi) is 8.09. The Balaban J connectivity index is 1.19. The highest BCUT2D eigenvalue weighted by Gasteiger charge is 2.23. The summed E-state index contributed by atoms with van der Waals surface area (Å²) < 4.78 is 8.53. The fourth-order valence-corrected chi connectivity index (χ4v) is 6.33. The molecule has 0 atom stereocenters. The number of methoxy groups -OCH3 is 1. The van der Waals surface area contributed by atoms with E-state index >= 15 is 0 Å². The van der Waals surface area contributed by atoms with Crippen molar-refractivity contribution < 1.29 is 14.3 Å². The van der Waals surface area contributed by atoms with Gasteiger partial charge in [0.2, 0.25) is 0 Å². The van der Waals surface area contributed by atoms with Gasteiger partial charge >= 0.3 is 11.7 Å². The predicted molar refractivity (Wildman–Crippen MR) is 171 cm³/mol. The van der Waals surface area contributed by atoms with Crippen molar-refractivity contribution in [3.05, 3.63) is 88.1 Å². The number of imidazole rings is 1. The number of carbonyl (C=O) groups excluding carboxylic acids is 2. The van der Waals surface area contributed by atoms with Gasteiger partial charge in [0.25, 0.3) is 5.91 Å². The number of rotatable bonds is 8. The van der Waals surface area contributed by atoms with Crippen molar-refractivity contribution in [3.8, 4) is 11.1 Å². The third kappa shape index (κ3) is 5.65. The molecule has 0 saturated carbocycles. The van der Waals surface area contributed by atoms with Gasteiger partial charge in [-0.05, 0) is 84.9 Å². The van der Waals surface area contributed by atoms with Crippen molar-refractivity contribution in [2.24, 2.45) is 7.05 Å². The molecule has 44 heavy (non-hydrogen) atoms. The Bertz CT molecular complexity index is 1890. The van der Waals surface area contributed by atoms with Crippen molar-refractivity contribution >= 4 is 33.9 Å². The van der Waals surface area contributed by atoms with Crippen LogP contribution >= 0.6 is 0 Å². The molecule has 0 spiro atoms. The highest BCUT2D eigenvalue weighted by molar-refractivity contribution is 5.96. The molecule has 10 nitrogen and oxygen atoms in total. The zero-order valence-corrected chi connectivity index (χ0v) is 25.7. The van der Waals surface area contributed by atoms with Gasteiger partial charge in [-0.3, -0.25) is 19.1 Å². The fourth-order valence-electron chi connectivity index (χ4n) is 6.33. The molecule has 228 valence electrons. The minimum Gasteiger partial charge on any atom is -0.469 e. The molecule has 3 aromatic heterocycles. The maximum Gasteiger partial charge on any atom is 0.326 e. The summed E-state index contributed by atoms with van der Waals surface area (Å²) in [4.78, 5) is 48.3.